The van der Waals surface area contributed by atoms with Gasteiger partial charge in [-0.25, -0.2) is 0 Å². The van der Waals surface area contributed by atoms with Crippen molar-refractivity contribution in [2.45, 2.75) is 18.9 Å². The van der Waals surface area contributed by atoms with Crippen LogP contribution in [0.4, 0.5) is 0 Å². The van der Waals surface area contributed by atoms with Crippen molar-refractivity contribution in [1.29, 1.82) is 0 Å². The highest BCUT2D eigenvalue weighted by molar-refractivity contribution is 7.18. The molecule has 72 valence electrons. The molecule has 1 aliphatic carbocycles. The van der Waals surface area contributed by atoms with Gasteiger partial charge in [-0.05, 0) is 12.8 Å². The predicted octanol–water partition coefficient (Wildman–Crippen LogP) is 0.0780. The van der Waals surface area contributed by atoms with Crippen LogP contribution in [0.2, 0.25) is 0 Å². The molecular formula is C7H7N5OS. The molecule has 1 N–H and O–H groups in total. The maximum atomic E-state index is 11.5. The van der Waals surface area contributed by atoms with Crippen LogP contribution in [0.1, 0.15) is 22.6 Å². The summed E-state index contributed by atoms with van der Waals surface area (Å²) in [6.07, 6.45) is 3.64. The zero-order valence-electron chi connectivity index (χ0n) is 7.17. The van der Waals surface area contributed by atoms with Crippen molar-refractivity contribution >= 4 is 22.2 Å². The summed E-state index contributed by atoms with van der Waals surface area (Å²) in [5.74, 6) is -0.108. The van der Waals surface area contributed by atoms with E-state index < -0.39 is 0 Å². The molecule has 0 radical (unpaired) electrons. The molecule has 3 rings (SSSR count). The van der Waals surface area contributed by atoms with E-state index >= 15 is 0 Å². The van der Waals surface area contributed by atoms with Crippen LogP contribution < -0.4 is 5.32 Å². The lowest BCUT2D eigenvalue weighted by molar-refractivity contribution is 0.0949. The minimum Gasteiger partial charge on any atom is -0.347 e. The van der Waals surface area contributed by atoms with Gasteiger partial charge in [0.25, 0.3) is 5.91 Å². The topological polar surface area (TPSA) is 72.2 Å². The summed E-state index contributed by atoms with van der Waals surface area (Å²) in [6.45, 7) is 0. The Morgan fingerprint density at radius 2 is 2.50 bits per heavy atom. The lowest BCUT2D eigenvalue weighted by Gasteiger charge is -1.96. The number of nitrogens with one attached hydrogen (secondary N) is 1. The van der Waals surface area contributed by atoms with E-state index in [0.717, 1.165) is 12.8 Å². The van der Waals surface area contributed by atoms with Crippen LogP contribution in [0.25, 0.3) is 4.96 Å². The minimum absolute atomic E-state index is 0.108. The first-order valence-corrected chi connectivity index (χ1v) is 5.12. The quantitative estimate of drug-likeness (QED) is 0.760. The zero-order valence-corrected chi connectivity index (χ0v) is 7.99. The summed E-state index contributed by atoms with van der Waals surface area (Å²) < 4.78 is 1.51. The summed E-state index contributed by atoms with van der Waals surface area (Å²) in [5, 5.41) is 14.8. The Bertz CT molecular complexity index is 456. The average molecular weight is 209 g/mol. The number of hydrogen-bond donors (Lipinski definition) is 1. The number of fused-ring (bicyclic) bond motifs is 1. The molecule has 0 atom stereocenters. The normalized spacial score (nSPS) is 16.0. The van der Waals surface area contributed by atoms with Gasteiger partial charge in [0.1, 0.15) is 6.33 Å². The number of nitrogens with zero attached hydrogens (tertiary/aromatic N) is 4. The van der Waals surface area contributed by atoms with Crippen LogP contribution in [0.3, 0.4) is 0 Å². The smallest absolute Gasteiger partial charge is 0.282 e. The van der Waals surface area contributed by atoms with Crippen molar-refractivity contribution < 1.29 is 4.79 Å². The molecule has 1 amide bonds. The van der Waals surface area contributed by atoms with Crippen LogP contribution >= 0.6 is 11.3 Å². The maximum Gasteiger partial charge on any atom is 0.282 e. The van der Waals surface area contributed by atoms with E-state index in [1.807, 2.05) is 0 Å². The van der Waals surface area contributed by atoms with Crippen LogP contribution in [-0.4, -0.2) is 31.8 Å². The van der Waals surface area contributed by atoms with Gasteiger partial charge in [0.05, 0.1) is 0 Å². The Labute approximate surface area is 83.0 Å². The lowest BCUT2D eigenvalue weighted by atomic mass is 10.6. The van der Waals surface area contributed by atoms with Crippen molar-refractivity contribution in [1.82, 2.24) is 25.1 Å². The highest BCUT2D eigenvalue weighted by atomic mass is 32.1. The van der Waals surface area contributed by atoms with Crippen molar-refractivity contribution in [3.05, 3.63) is 11.3 Å². The average Bonchev–Trinajstić information content (AvgIpc) is 2.73. The second-order valence-corrected chi connectivity index (χ2v) is 4.17. The molecule has 14 heavy (non-hydrogen) atoms. The van der Waals surface area contributed by atoms with Gasteiger partial charge in [0, 0.05) is 6.04 Å². The number of rotatable bonds is 2. The highest BCUT2D eigenvalue weighted by Gasteiger charge is 2.25. The standard InChI is InChI=1S/C7H7N5OS/c13-5(9-4-1-2-4)6-11-12-3-8-10-7(12)14-6/h3-4H,1-2H2,(H,9,13). The van der Waals surface area contributed by atoms with Gasteiger partial charge < -0.3 is 5.32 Å². The molecule has 0 spiro atoms. The number of carbonyl (C=O) groups is 1. The molecule has 2 aromatic rings. The molecule has 1 fully saturated rings. The van der Waals surface area contributed by atoms with Crippen LogP contribution in [0.5, 0.6) is 0 Å². The molecule has 0 saturated heterocycles. The number of carbonyl (C=O) groups excluding carboxylic acids is 1. The number of amides is 1. The SMILES string of the molecule is O=C(NC1CC1)c1nn2cnnc2s1. The third kappa shape index (κ3) is 1.25. The third-order valence-electron chi connectivity index (χ3n) is 1.99. The monoisotopic (exact) mass is 209 g/mol. The van der Waals surface area contributed by atoms with E-state index in [0.29, 0.717) is 16.0 Å². The van der Waals surface area contributed by atoms with Gasteiger partial charge >= 0.3 is 0 Å². The molecular weight excluding hydrogens is 202 g/mol. The molecule has 1 saturated carbocycles. The Balaban J connectivity index is 1.88. The predicted molar refractivity (Wildman–Crippen MR) is 49.1 cm³/mol. The van der Waals surface area contributed by atoms with Gasteiger partial charge in [0.15, 0.2) is 0 Å². The van der Waals surface area contributed by atoms with Crippen LogP contribution in [0.15, 0.2) is 6.33 Å². The minimum atomic E-state index is -0.108. The second-order valence-electron chi connectivity index (χ2n) is 3.21. The molecule has 1 aliphatic rings. The molecule has 2 aromatic heterocycles. The largest absolute Gasteiger partial charge is 0.347 e. The van der Waals surface area contributed by atoms with Crippen molar-refractivity contribution in [2.24, 2.45) is 0 Å². The van der Waals surface area contributed by atoms with Crippen LogP contribution in [0, 0.1) is 0 Å². The Kier molecular flexibility index (Phi) is 1.54. The van der Waals surface area contributed by atoms with E-state index in [9.17, 15) is 4.79 Å². The summed E-state index contributed by atoms with van der Waals surface area (Å²) in [4.78, 5) is 12.2. The van der Waals surface area contributed by atoms with E-state index in [2.05, 4.69) is 20.6 Å². The molecule has 2 heterocycles. The molecule has 0 bridgehead atoms. The molecule has 0 aliphatic heterocycles. The summed E-state index contributed by atoms with van der Waals surface area (Å²) in [7, 11) is 0. The fourth-order valence-corrected chi connectivity index (χ4v) is 1.85. The van der Waals surface area contributed by atoms with E-state index in [4.69, 9.17) is 0 Å². The Morgan fingerprint density at radius 1 is 1.64 bits per heavy atom. The fourth-order valence-electron chi connectivity index (χ4n) is 1.13. The summed E-state index contributed by atoms with van der Waals surface area (Å²) >= 11 is 1.25. The molecule has 7 heteroatoms. The number of hydrogen-bond acceptors (Lipinski definition) is 5. The summed E-state index contributed by atoms with van der Waals surface area (Å²) in [6, 6.07) is 0.358. The van der Waals surface area contributed by atoms with Crippen molar-refractivity contribution in [3.8, 4) is 0 Å². The first-order chi connectivity index (χ1) is 6.83. The highest BCUT2D eigenvalue weighted by Crippen LogP contribution is 2.20. The van der Waals surface area contributed by atoms with E-state index in [1.54, 1.807) is 0 Å². The molecule has 0 aromatic carbocycles. The van der Waals surface area contributed by atoms with E-state index in [-0.39, 0.29) is 5.91 Å². The van der Waals surface area contributed by atoms with Gasteiger partial charge in [-0.2, -0.15) is 4.52 Å². The van der Waals surface area contributed by atoms with Crippen LogP contribution in [-0.2, 0) is 0 Å². The maximum absolute atomic E-state index is 11.5. The molecule has 0 unspecified atom stereocenters. The van der Waals surface area contributed by atoms with Gasteiger partial charge in [-0.1, -0.05) is 11.3 Å². The first-order valence-electron chi connectivity index (χ1n) is 4.30. The Hall–Kier alpha value is -1.50. The first kappa shape index (κ1) is 7.86. The molecule has 6 nitrogen and oxygen atoms in total. The second kappa shape index (κ2) is 2.74. The third-order valence-corrected chi connectivity index (χ3v) is 2.91. The fraction of sp³-hybridized carbons (Fsp3) is 0.429. The Morgan fingerprint density at radius 3 is 3.21 bits per heavy atom. The lowest BCUT2D eigenvalue weighted by Crippen LogP contribution is -2.25. The zero-order chi connectivity index (χ0) is 9.54. The number of aromatic nitrogens is 4. The van der Waals surface area contributed by atoms with Gasteiger partial charge in [0.2, 0.25) is 9.97 Å². The van der Waals surface area contributed by atoms with Gasteiger partial charge in [-0.3, -0.25) is 4.79 Å². The van der Waals surface area contributed by atoms with E-state index in [1.165, 1.54) is 22.2 Å². The van der Waals surface area contributed by atoms with Gasteiger partial charge in [-0.15, -0.1) is 15.3 Å². The van der Waals surface area contributed by atoms with Crippen molar-refractivity contribution in [2.75, 3.05) is 0 Å². The summed E-state index contributed by atoms with van der Waals surface area (Å²) in [5.41, 5.74) is 0. The van der Waals surface area contributed by atoms with Crippen molar-refractivity contribution in [3.63, 3.8) is 0 Å².